The number of carbonyl (C=O) groups excluding carboxylic acids is 1. The van der Waals surface area contributed by atoms with E-state index in [1.54, 1.807) is 0 Å². The van der Waals surface area contributed by atoms with E-state index in [0.717, 1.165) is 19.6 Å². The minimum absolute atomic E-state index is 0.0953. The second-order valence-corrected chi connectivity index (χ2v) is 5.47. The van der Waals surface area contributed by atoms with Crippen LogP contribution in [0.25, 0.3) is 0 Å². The largest absolute Gasteiger partial charge is 0.381 e. The maximum Gasteiger partial charge on any atom is 0.220 e. The summed E-state index contributed by atoms with van der Waals surface area (Å²) < 4.78 is 5.30. The molecule has 1 heterocycles. The Bertz CT molecular complexity index is 230. The highest BCUT2D eigenvalue weighted by molar-refractivity contribution is 5.76. The van der Waals surface area contributed by atoms with Gasteiger partial charge in [0.2, 0.25) is 5.91 Å². The van der Waals surface area contributed by atoms with Crippen LogP contribution in [0.4, 0.5) is 0 Å². The van der Waals surface area contributed by atoms with Gasteiger partial charge in [-0.2, -0.15) is 0 Å². The summed E-state index contributed by atoms with van der Waals surface area (Å²) in [6, 6.07) is 0.205. The van der Waals surface area contributed by atoms with Crippen LogP contribution in [0.15, 0.2) is 0 Å². The van der Waals surface area contributed by atoms with Crippen molar-refractivity contribution in [3.05, 3.63) is 0 Å². The third-order valence-corrected chi connectivity index (χ3v) is 3.06. The van der Waals surface area contributed by atoms with Gasteiger partial charge >= 0.3 is 0 Å². The lowest BCUT2D eigenvalue weighted by molar-refractivity contribution is -0.122. The van der Waals surface area contributed by atoms with E-state index in [1.807, 2.05) is 20.8 Å². The van der Waals surface area contributed by atoms with E-state index in [-0.39, 0.29) is 17.5 Å². The molecule has 2 unspecified atom stereocenters. The summed E-state index contributed by atoms with van der Waals surface area (Å²) in [6.45, 7) is 7.51. The first-order valence-electron chi connectivity index (χ1n) is 6.04. The van der Waals surface area contributed by atoms with Crippen molar-refractivity contribution in [3.63, 3.8) is 0 Å². The summed E-state index contributed by atoms with van der Waals surface area (Å²) in [7, 11) is 0. The molecule has 1 amide bonds. The van der Waals surface area contributed by atoms with E-state index in [2.05, 4.69) is 5.32 Å². The van der Waals surface area contributed by atoms with Crippen molar-refractivity contribution in [3.8, 4) is 0 Å². The average molecular weight is 228 g/mol. The van der Waals surface area contributed by atoms with Crippen LogP contribution < -0.4 is 11.1 Å². The van der Waals surface area contributed by atoms with Crippen LogP contribution in [-0.2, 0) is 9.53 Å². The molecule has 1 rings (SSSR count). The van der Waals surface area contributed by atoms with Crippen LogP contribution in [0, 0.1) is 5.92 Å². The van der Waals surface area contributed by atoms with Gasteiger partial charge in [0, 0.05) is 30.5 Å². The molecule has 4 heteroatoms. The van der Waals surface area contributed by atoms with Crippen LogP contribution in [0.1, 0.15) is 40.0 Å². The van der Waals surface area contributed by atoms with Crippen LogP contribution in [0.3, 0.4) is 0 Å². The fourth-order valence-corrected chi connectivity index (χ4v) is 1.83. The van der Waals surface area contributed by atoms with Crippen molar-refractivity contribution in [2.75, 3.05) is 13.2 Å². The molecule has 0 aromatic carbocycles. The SMILES string of the molecule is CC(NC(=O)CCC(C)(C)N)C1CCOC1. The first kappa shape index (κ1) is 13.5. The van der Waals surface area contributed by atoms with Gasteiger partial charge in [-0.05, 0) is 33.6 Å². The van der Waals surface area contributed by atoms with Crippen molar-refractivity contribution < 1.29 is 9.53 Å². The molecule has 0 aromatic heterocycles. The molecule has 1 aliphatic heterocycles. The fourth-order valence-electron chi connectivity index (χ4n) is 1.83. The first-order valence-corrected chi connectivity index (χ1v) is 6.04. The second-order valence-electron chi connectivity index (χ2n) is 5.47. The smallest absolute Gasteiger partial charge is 0.220 e. The zero-order valence-electron chi connectivity index (χ0n) is 10.6. The number of nitrogens with two attached hydrogens (primary N) is 1. The van der Waals surface area contributed by atoms with Gasteiger partial charge in [0.15, 0.2) is 0 Å². The zero-order chi connectivity index (χ0) is 12.2. The molecule has 94 valence electrons. The average Bonchev–Trinajstić information content (AvgIpc) is 2.66. The lowest BCUT2D eigenvalue weighted by Gasteiger charge is -2.21. The Morgan fingerprint density at radius 3 is 2.81 bits per heavy atom. The second kappa shape index (κ2) is 5.64. The molecule has 16 heavy (non-hydrogen) atoms. The Hall–Kier alpha value is -0.610. The van der Waals surface area contributed by atoms with Gasteiger partial charge in [0.05, 0.1) is 6.61 Å². The molecule has 0 bridgehead atoms. The topological polar surface area (TPSA) is 64.4 Å². The van der Waals surface area contributed by atoms with Crippen molar-refractivity contribution >= 4 is 5.91 Å². The van der Waals surface area contributed by atoms with Crippen LogP contribution in [0.2, 0.25) is 0 Å². The van der Waals surface area contributed by atoms with Gasteiger partial charge in [-0.25, -0.2) is 0 Å². The summed E-state index contributed by atoms with van der Waals surface area (Å²) in [5, 5.41) is 3.02. The lowest BCUT2D eigenvalue weighted by atomic mass is 9.98. The summed E-state index contributed by atoms with van der Waals surface area (Å²) >= 11 is 0. The van der Waals surface area contributed by atoms with Crippen molar-refractivity contribution in [2.45, 2.75) is 51.6 Å². The molecule has 0 radical (unpaired) electrons. The van der Waals surface area contributed by atoms with Gasteiger partial charge in [-0.1, -0.05) is 0 Å². The zero-order valence-corrected chi connectivity index (χ0v) is 10.6. The van der Waals surface area contributed by atoms with Crippen LogP contribution >= 0.6 is 0 Å². The van der Waals surface area contributed by atoms with Crippen molar-refractivity contribution in [1.82, 2.24) is 5.32 Å². The summed E-state index contributed by atoms with van der Waals surface area (Å²) in [6.07, 6.45) is 2.26. The Morgan fingerprint density at radius 2 is 2.31 bits per heavy atom. The van der Waals surface area contributed by atoms with Crippen LogP contribution in [-0.4, -0.2) is 30.7 Å². The highest BCUT2D eigenvalue weighted by Crippen LogP contribution is 2.16. The number of rotatable bonds is 5. The predicted molar refractivity (Wildman–Crippen MR) is 64.0 cm³/mol. The molecule has 4 nitrogen and oxygen atoms in total. The highest BCUT2D eigenvalue weighted by Gasteiger charge is 2.23. The molecule has 0 aromatic rings. The summed E-state index contributed by atoms with van der Waals surface area (Å²) in [5.74, 6) is 0.563. The Balaban J connectivity index is 2.22. The molecular weight excluding hydrogens is 204 g/mol. The van der Waals surface area contributed by atoms with Crippen molar-refractivity contribution in [1.29, 1.82) is 0 Å². The molecule has 0 saturated carbocycles. The Morgan fingerprint density at radius 1 is 1.62 bits per heavy atom. The fraction of sp³-hybridized carbons (Fsp3) is 0.917. The van der Waals surface area contributed by atoms with Gasteiger partial charge in [-0.15, -0.1) is 0 Å². The Labute approximate surface area is 97.9 Å². The minimum Gasteiger partial charge on any atom is -0.381 e. The lowest BCUT2D eigenvalue weighted by Crippen LogP contribution is -2.40. The van der Waals surface area contributed by atoms with E-state index in [0.29, 0.717) is 18.8 Å². The molecule has 1 aliphatic rings. The van der Waals surface area contributed by atoms with E-state index < -0.39 is 0 Å². The Kier molecular flexibility index (Phi) is 4.74. The minimum atomic E-state index is -0.267. The molecule has 1 saturated heterocycles. The van der Waals surface area contributed by atoms with Gasteiger partial charge < -0.3 is 15.8 Å². The monoisotopic (exact) mass is 228 g/mol. The number of nitrogens with one attached hydrogen (secondary N) is 1. The third kappa shape index (κ3) is 4.94. The molecule has 0 spiro atoms. The third-order valence-electron chi connectivity index (χ3n) is 3.06. The quantitative estimate of drug-likeness (QED) is 0.739. The van der Waals surface area contributed by atoms with Crippen molar-refractivity contribution in [2.24, 2.45) is 11.7 Å². The number of carbonyl (C=O) groups is 1. The maximum atomic E-state index is 11.6. The van der Waals surface area contributed by atoms with E-state index in [9.17, 15) is 4.79 Å². The molecule has 1 fully saturated rings. The number of ether oxygens (including phenoxy) is 1. The number of hydrogen-bond donors (Lipinski definition) is 2. The maximum absolute atomic E-state index is 11.6. The number of hydrogen-bond acceptors (Lipinski definition) is 3. The normalized spacial score (nSPS) is 23.1. The summed E-state index contributed by atoms with van der Waals surface area (Å²) in [5.41, 5.74) is 5.57. The highest BCUT2D eigenvalue weighted by atomic mass is 16.5. The molecule has 2 atom stereocenters. The molecule has 0 aliphatic carbocycles. The van der Waals surface area contributed by atoms with Gasteiger partial charge in [-0.3, -0.25) is 4.79 Å². The first-order chi connectivity index (χ1) is 7.38. The van der Waals surface area contributed by atoms with Gasteiger partial charge in [0.1, 0.15) is 0 Å². The van der Waals surface area contributed by atoms with Crippen LogP contribution in [0.5, 0.6) is 0 Å². The molecule has 3 N–H and O–H groups in total. The standard InChI is InChI=1S/C12H24N2O2/c1-9(10-5-7-16-8-10)14-11(15)4-6-12(2,3)13/h9-10H,4-8,13H2,1-3H3,(H,14,15). The summed E-state index contributed by atoms with van der Waals surface area (Å²) in [4.78, 5) is 11.6. The van der Waals surface area contributed by atoms with E-state index in [4.69, 9.17) is 10.5 Å². The number of amides is 1. The molecular formula is C12H24N2O2. The predicted octanol–water partition coefficient (Wildman–Crippen LogP) is 1.05. The van der Waals surface area contributed by atoms with E-state index in [1.165, 1.54) is 0 Å². The van der Waals surface area contributed by atoms with Gasteiger partial charge in [0.25, 0.3) is 0 Å². The van der Waals surface area contributed by atoms with E-state index >= 15 is 0 Å².